The van der Waals surface area contributed by atoms with E-state index < -0.39 is 12.4 Å². The van der Waals surface area contributed by atoms with Crippen molar-refractivity contribution in [1.82, 2.24) is 11.1 Å². The molecule has 0 spiro atoms. The van der Waals surface area contributed by atoms with Crippen LogP contribution in [0.15, 0.2) is 69.6 Å². The fourth-order valence-corrected chi connectivity index (χ4v) is 5.38. The average molecular weight is 641 g/mol. The molecule has 3 aromatic carbocycles. The molecule has 37 heavy (non-hydrogen) atoms. The summed E-state index contributed by atoms with van der Waals surface area (Å²) in [6.07, 6.45) is 0.0520. The quantitative estimate of drug-likeness (QED) is 0.214. The van der Waals surface area contributed by atoms with Crippen molar-refractivity contribution in [2.24, 2.45) is 0 Å². The normalized spacial score (nSPS) is 12.3. The van der Waals surface area contributed by atoms with Gasteiger partial charge in [-0.15, -0.1) is 13.2 Å². The molecule has 0 aromatic heterocycles. The van der Waals surface area contributed by atoms with E-state index >= 15 is 0 Å². The van der Waals surface area contributed by atoms with Gasteiger partial charge >= 0.3 is 6.36 Å². The number of carbonyl (C=O) groups is 1. The molecule has 0 bridgehead atoms. The van der Waals surface area contributed by atoms with Gasteiger partial charge in [-0.25, -0.2) is 5.73 Å². The number of carbonyl (C=O) groups excluding carboxylic acids is 1. The predicted molar refractivity (Wildman–Crippen MR) is 145 cm³/mol. The van der Waals surface area contributed by atoms with E-state index in [0.29, 0.717) is 26.6 Å². The zero-order chi connectivity index (χ0) is 27.0. The topological polar surface area (TPSA) is 62.1 Å². The minimum absolute atomic E-state index is 0.211. The highest BCUT2D eigenvalue weighted by molar-refractivity contribution is 9.11. The molecule has 197 valence electrons. The van der Waals surface area contributed by atoms with Crippen molar-refractivity contribution < 1.29 is 22.7 Å². The highest BCUT2D eigenvalue weighted by Gasteiger charge is 2.31. The van der Waals surface area contributed by atoms with Crippen LogP contribution in [0.5, 0.6) is 5.75 Å². The smallest absolute Gasteiger partial charge is 0.406 e. The Balaban J connectivity index is 1.62. The van der Waals surface area contributed by atoms with Crippen molar-refractivity contribution in [3.05, 3.63) is 97.4 Å². The number of ether oxygens (including phenoxy) is 1. The molecule has 3 rings (SSSR count). The van der Waals surface area contributed by atoms with Crippen molar-refractivity contribution in [3.8, 4) is 5.75 Å². The Morgan fingerprint density at radius 2 is 1.65 bits per heavy atom. The number of hydrogen-bond donors (Lipinski definition) is 1. The standard InChI is InChI=1S/C28H28Br2F3N2O2/c1-2-3-4-6-18-9-11-19(12-10-18)17-35-27(36)21-14-24(29)23(25(30)15-21)16-26(34)20-7-5-8-22(13-20)37-28(31,32)33/h5,7-15,26,34H,2-4,6,16-17H2,1H3,(H,35,36). The van der Waals surface area contributed by atoms with Gasteiger partial charge in [0.15, 0.2) is 0 Å². The van der Waals surface area contributed by atoms with Crippen LogP contribution in [-0.4, -0.2) is 12.3 Å². The number of halogens is 5. The van der Waals surface area contributed by atoms with Crippen LogP contribution in [-0.2, 0) is 19.4 Å². The van der Waals surface area contributed by atoms with Gasteiger partial charge in [0.05, 0.1) is 6.04 Å². The van der Waals surface area contributed by atoms with Crippen molar-refractivity contribution in [2.75, 3.05) is 0 Å². The van der Waals surface area contributed by atoms with E-state index in [1.165, 1.54) is 43.0 Å². The number of aryl methyl sites for hydroxylation is 1. The van der Waals surface area contributed by atoms with Gasteiger partial charge in [0.2, 0.25) is 0 Å². The van der Waals surface area contributed by atoms with E-state index in [1.807, 2.05) is 12.1 Å². The molecule has 2 N–H and O–H groups in total. The molecule has 1 amide bonds. The van der Waals surface area contributed by atoms with Gasteiger partial charge in [0.1, 0.15) is 5.75 Å². The Morgan fingerprint density at radius 1 is 1.00 bits per heavy atom. The summed E-state index contributed by atoms with van der Waals surface area (Å²) in [5.41, 5.74) is 12.3. The largest absolute Gasteiger partial charge is 0.573 e. The average Bonchev–Trinajstić information content (AvgIpc) is 2.84. The monoisotopic (exact) mass is 639 g/mol. The van der Waals surface area contributed by atoms with Crippen molar-refractivity contribution in [1.29, 1.82) is 0 Å². The lowest BCUT2D eigenvalue weighted by Crippen LogP contribution is -2.23. The van der Waals surface area contributed by atoms with Gasteiger partial charge in [0.25, 0.3) is 5.91 Å². The van der Waals surface area contributed by atoms with Crippen LogP contribution in [0.1, 0.15) is 64.8 Å². The molecule has 0 heterocycles. The van der Waals surface area contributed by atoms with Gasteiger partial charge in [-0.3, -0.25) is 4.79 Å². The van der Waals surface area contributed by atoms with E-state index in [0.717, 1.165) is 17.5 Å². The van der Waals surface area contributed by atoms with E-state index in [9.17, 15) is 18.0 Å². The Bertz CT molecular complexity index is 1180. The number of nitrogens with one attached hydrogen (secondary N) is 2. The Kier molecular flexibility index (Phi) is 10.6. The molecule has 1 unspecified atom stereocenters. The number of benzene rings is 3. The summed E-state index contributed by atoms with van der Waals surface area (Å²) in [6.45, 7) is 2.58. The maximum absolute atomic E-state index is 12.8. The second kappa shape index (κ2) is 13.4. The number of alkyl halides is 3. The molecule has 1 radical (unpaired) electrons. The summed E-state index contributed by atoms with van der Waals surface area (Å²) in [5.74, 6) is -0.599. The first kappa shape index (κ1) is 29.2. The van der Waals surface area contributed by atoms with E-state index in [1.54, 1.807) is 18.2 Å². The predicted octanol–water partition coefficient (Wildman–Crippen LogP) is 8.34. The SMILES string of the molecule is CCCCCc1ccc(CNC(=O)c2cc(Br)c(CC([NH])c3cccc(OC(F)(F)F)c3)c(Br)c2)cc1. The number of amides is 1. The van der Waals surface area contributed by atoms with Gasteiger partial charge in [-0.05, 0) is 65.8 Å². The van der Waals surface area contributed by atoms with Crippen molar-refractivity contribution in [3.63, 3.8) is 0 Å². The van der Waals surface area contributed by atoms with E-state index in [-0.39, 0.29) is 18.1 Å². The van der Waals surface area contributed by atoms with Crippen molar-refractivity contribution in [2.45, 2.75) is 58.0 Å². The first-order valence-corrected chi connectivity index (χ1v) is 13.5. The molecular weight excluding hydrogens is 613 g/mol. The third-order valence-corrected chi connectivity index (χ3v) is 7.27. The van der Waals surface area contributed by atoms with E-state index in [4.69, 9.17) is 5.73 Å². The third-order valence-electron chi connectivity index (χ3n) is 5.85. The van der Waals surface area contributed by atoms with Crippen LogP contribution in [0.2, 0.25) is 0 Å². The number of hydrogen-bond acceptors (Lipinski definition) is 2. The lowest BCUT2D eigenvalue weighted by atomic mass is 9.98. The molecule has 3 aromatic rings. The lowest BCUT2D eigenvalue weighted by Gasteiger charge is -2.17. The molecule has 0 aliphatic heterocycles. The minimum Gasteiger partial charge on any atom is -0.406 e. The summed E-state index contributed by atoms with van der Waals surface area (Å²) in [6, 6.07) is 16.2. The van der Waals surface area contributed by atoms with Crippen LogP contribution in [0, 0.1) is 0 Å². The Morgan fingerprint density at radius 3 is 2.27 bits per heavy atom. The molecule has 0 aliphatic carbocycles. The molecule has 0 aliphatic rings. The highest BCUT2D eigenvalue weighted by Crippen LogP contribution is 2.33. The van der Waals surface area contributed by atoms with E-state index in [2.05, 4.69) is 61.0 Å². The zero-order valence-corrected chi connectivity index (χ0v) is 23.5. The molecule has 0 fully saturated rings. The van der Waals surface area contributed by atoms with Crippen LogP contribution in [0.3, 0.4) is 0 Å². The second-order valence-corrected chi connectivity index (χ2v) is 10.5. The van der Waals surface area contributed by atoms with Gasteiger partial charge in [-0.2, -0.15) is 0 Å². The van der Waals surface area contributed by atoms with Crippen molar-refractivity contribution >= 4 is 37.8 Å². The number of unbranched alkanes of at least 4 members (excludes halogenated alkanes) is 2. The van der Waals surface area contributed by atoms with Crippen LogP contribution in [0.4, 0.5) is 13.2 Å². The summed E-state index contributed by atoms with van der Waals surface area (Å²) in [5, 5.41) is 2.93. The first-order chi connectivity index (χ1) is 17.6. The van der Waals surface area contributed by atoms with Gasteiger partial charge in [0, 0.05) is 21.1 Å². The lowest BCUT2D eigenvalue weighted by molar-refractivity contribution is -0.274. The van der Waals surface area contributed by atoms with Gasteiger partial charge in [-0.1, -0.05) is 88.0 Å². The number of rotatable bonds is 11. The van der Waals surface area contributed by atoms with Crippen LogP contribution < -0.4 is 15.8 Å². The molecule has 0 saturated heterocycles. The summed E-state index contributed by atoms with van der Waals surface area (Å²) in [4.78, 5) is 12.8. The molecule has 4 nitrogen and oxygen atoms in total. The maximum atomic E-state index is 12.8. The van der Waals surface area contributed by atoms with Crippen LogP contribution >= 0.6 is 31.9 Å². The summed E-state index contributed by atoms with van der Waals surface area (Å²) >= 11 is 6.97. The molecular formula is C28H28Br2F3N2O2. The minimum atomic E-state index is -4.80. The Hall–Kier alpha value is -2.36. The first-order valence-electron chi connectivity index (χ1n) is 12.0. The second-order valence-electron chi connectivity index (χ2n) is 8.75. The summed E-state index contributed by atoms with van der Waals surface area (Å²) < 4.78 is 42.8. The van der Waals surface area contributed by atoms with Gasteiger partial charge < -0.3 is 10.1 Å². The maximum Gasteiger partial charge on any atom is 0.573 e. The summed E-state index contributed by atoms with van der Waals surface area (Å²) in [7, 11) is 0. The third kappa shape index (κ3) is 9.16. The fourth-order valence-electron chi connectivity index (χ4n) is 3.87. The Labute approximate surface area is 232 Å². The molecule has 9 heteroatoms. The van der Waals surface area contributed by atoms with Crippen LogP contribution in [0.25, 0.3) is 0 Å². The molecule has 0 saturated carbocycles. The zero-order valence-electron chi connectivity index (χ0n) is 20.3. The fraction of sp³-hybridized carbons (Fsp3) is 0.321. The highest BCUT2D eigenvalue weighted by atomic mass is 79.9. The molecule has 1 atom stereocenters.